The molecule has 0 amide bonds. The summed E-state index contributed by atoms with van der Waals surface area (Å²) >= 11 is 3.01. The Hall–Kier alpha value is -1.61. The Labute approximate surface area is 114 Å². The van der Waals surface area contributed by atoms with Crippen molar-refractivity contribution < 1.29 is 17.6 Å². The Balaban J connectivity index is 2.27. The molecule has 3 N–H and O–H groups in total. The summed E-state index contributed by atoms with van der Waals surface area (Å²) in [5.41, 5.74) is 4.67. The van der Waals surface area contributed by atoms with E-state index in [1.54, 1.807) is 0 Å². The molecule has 9 heteroatoms. The SMILES string of the molecule is NCc1nnc(Nc2cc(Br)cc(C(F)(F)F)c2)o1. The molecule has 0 aliphatic heterocycles. The molecule has 0 atom stereocenters. The molecule has 0 saturated carbocycles. The molecule has 0 aliphatic rings. The number of nitrogens with two attached hydrogens (primary N) is 1. The fourth-order valence-corrected chi connectivity index (χ4v) is 1.83. The minimum absolute atomic E-state index is 0.0216. The lowest BCUT2D eigenvalue weighted by Crippen LogP contribution is -2.05. The van der Waals surface area contributed by atoms with Gasteiger partial charge in [-0.15, -0.1) is 5.10 Å². The molecule has 1 aromatic carbocycles. The monoisotopic (exact) mass is 336 g/mol. The lowest BCUT2D eigenvalue weighted by Gasteiger charge is -2.09. The lowest BCUT2D eigenvalue weighted by molar-refractivity contribution is -0.137. The number of rotatable bonds is 3. The summed E-state index contributed by atoms with van der Waals surface area (Å²) < 4.78 is 43.2. The van der Waals surface area contributed by atoms with Crippen LogP contribution in [-0.2, 0) is 12.7 Å². The van der Waals surface area contributed by atoms with Crippen LogP contribution in [0.5, 0.6) is 0 Å². The third kappa shape index (κ3) is 3.44. The quantitative estimate of drug-likeness (QED) is 0.900. The van der Waals surface area contributed by atoms with Gasteiger partial charge in [-0.2, -0.15) is 13.2 Å². The summed E-state index contributed by atoms with van der Waals surface area (Å²) in [5, 5.41) is 9.77. The second-order valence-electron chi connectivity index (χ2n) is 3.56. The van der Waals surface area contributed by atoms with Crippen LogP contribution in [0.15, 0.2) is 27.1 Å². The van der Waals surface area contributed by atoms with Gasteiger partial charge < -0.3 is 15.5 Å². The van der Waals surface area contributed by atoms with Crippen LogP contribution in [0.3, 0.4) is 0 Å². The van der Waals surface area contributed by atoms with Gasteiger partial charge >= 0.3 is 12.2 Å². The van der Waals surface area contributed by atoms with Gasteiger partial charge in [0, 0.05) is 10.2 Å². The molecule has 2 rings (SSSR count). The number of halogens is 4. The van der Waals surface area contributed by atoms with Crippen molar-refractivity contribution in [3.05, 3.63) is 34.1 Å². The molecule has 0 bridgehead atoms. The molecule has 0 unspecified atom stereocenters. The Kier molecular flexibility index (Phi) is 3.76. The second kappa shape index (κ2) is 5.17. The summed E-state index contributed by atoms with van der Waals surface area (Å²) in [6.45, 7) is 0.0565. The average Bonchev–Trinajstić information content (AvgIpc) is 2.75. The maximum absolute atomic E-state index is 12.6. The van der Waals surface area contributed by atoms with Gasteiger partial charge in [0.25, 0.3) is 0 Å². The molecule has 0 spiro atoms. The zero-order chi connectivity index (χ0) is 14.0. The van der Waals surface area contributed by atoms with Crippen LogP contribution < -0.4 is 11.1 Å². The van der Waals surface area contributed by atoms with E-state index in [0.717, 1.165) is 12.1 Å². The Bertz CT molecular complexity index is 584. The van der Waals surface area contributed by atoms with Gasteiger partial charge in [0.05, 0.1) is 12.1 Å². The highest BCUT2D eigenvalue weighted by Gasteiger charge is 2.31. The van der Waals surface area contributed by atoms with E-state index < -0.39 is 11.7 Å². The van der Waals surface area contributed by atoms with Crippen molar-refractivity contribution in [3.8, 4) is 0 Å². The van der Waals surface area contributed by atoms with Crippen LogP contribution in [0.2, 0.25) is 0 Å². The second-order valence-corrected chi connectivity index (χ2v) is 4.47. The number of aromatic nitrogens is 2. The van der Waals surface area contributed by atoms with Crippen LogP contribution in [0, 0.1) is 0 Å². The van der Waals surface area contributed by atoms with Crippen LogP contribution in [0.4, 0.5) is 24.9 Å². The van der Waals surface area contributed by atoms with E-state index in [0.29, 0.717) is 0 Å². The van der Waals surface area contributed by atoms with E-state index in [4.69, 9.17) is 10.2 Å². The Morgan fingerprint density at radius 2 is 2.00 bits per heavy atom. The fraction of sp³-hybridized carbons (Fsp3) is 0.200. The zero-order valence-corrected chi connectivity index (χ0v) is 10.9. The fourth-order valence-electron chi connectivity index (χ4n) is 1.34. The van der Waals surface area contributed by atoms with Crippen molar-refractivity contribution in [2.75, 3.05) is 5.32 Å². The highest BCUT2D eigenvalue weighted by Crippen LogP contribution is 2.34. The molecular formula is C10H8BrF3N4O. The van der Waals surface area contributed by atoms with Crippen LogP contribution >= 0.6 is 15.9 Å². The van der Waals surface area contributed by atoms with Crippen molar-refractivity contribution in [2.45, 2.75) is 12.7 Å². The molecular weight excluding hydrogens is 329 g/mol. The average molecular weight is 337 g/mol. The van der Waals surface area contributed by atoms with E-state index in [9.17, 15) is 13.2 Å². The van der Waals surface area contributed by atoms with Crippen molar-refractivity contribution in [1.82, 2.24) is 10.2 Å². The van der Waals surface area contributed by atoms with Gasteiger partial charge in [0.15, 0.2) is 0 Å². The maximum Gasteiger partial charge on any atom is 0.416 e. The van der Waals surface area contributed by atoms with Gasteiger partial charge in [-0.3, -0.25) is 0 Å². The summed E-state index contributed by atoms with van der Waals surface area (Å²) in [6, 6.07) is 3.36. The van der Waals surface area contributed by atoms with Gasteiger partial charge in [0.2, 0.25) is 5.89 Å². The number of hydrogen-bond donors (Lipinski definition) is 2. The molecule has 1 aromatic heterocycles. The van der Waals surface area contributed by atoms with Crippen LogP contribution in [0.1, 0.15) is 11.5 Å². The van der Waals surface area contributed by atoms with Crippen LogP contribution in [0.25, 0.3) is 0 Å². The van der Waals surface area contributed by atoms with Crippen LogP contribution in [-0.4, -0.2) is 10.2 Å². The van der Waals surface area contributed by atoms with Crippen molar-refractivity contribution in [3.63, 3.8) is 0 Å². The first-order valence-corrected chi connectivity index (χ1v) is 5.85. The Morgan fingerprint density at radius 3 is 2.58 bits per heavy atom. The standard InChI is InChI=1S/C10H8BrF3N4O/c11-6-1-5(10(12,13)14)2-7(3-6)16-9-18-17-8(4-15)19-9/h1-3H,4,15H2,(H,16,18). The van der Waals surface area contributed by atoms with Crippen molar-refractivity contribution in [2.24, 2.45) is 5.73 Å². The predicted molar refractivity (Wildman–Crippen MR) is 64.6 cm³/mol. The summed E-state index contributed by atoms with van der Waals surface area (Å²) in [4.78, 5) is 0. The third-order valence-corrected chi connectivity index (χ3v) is 2.58. The first-order chi connectivity index (χ1) is 8.88. The predicted octanol–water partition coefficient (Wildman–Crippen LogP) is 3.05. The largest absolute Gasteiger partial charge is 0.416 e. The molecule has 0 radical (unpaired) electrons. The van der Waals surface area contributed by atoms with Gasteiger partial charge in [-0.1, -0.05) is 21.0 Å². The highest BCUT2D eigenvalue weighted by atomic mass is 79.9. The number of alkyl halides is 3. The van der Waals surface area contributed by atoms with Crippen molar-refractivity contribution >= 4 is 27.6 Å². The molecule has 2 aromatic rings. The molecule has 0 saturated heterocycles. The van der Waals surface area contributed by atoms with E-state index in [1.165, 1.54) is 6.07 Å². The molecule has 0 fully saturated rings. The highest BCUT2D eigenvalue weighted by molar-refractivity contribution is 9.10. The molecule has 19 heavy (non-hydrogen) atoms. The third-order valence-electron chi connectivity index (χ3n) is 2.12. The number of anilines is 2. The van der Waals surface area contributed by atoms with Gasteiger partial charge in [0.1, 0.15) is 0 Å². The normalized spacial score (nSPS) is 11.6. The van der Waals surface area contributed by atoms with E-state index in [1.807, 2.05) is 0 Å². The molecule has 0 aliphatic carbocycles. The minimum Gasteiger partial charge on any atom is -0.406 e. The molecule has 102 valence electrons. The number of hydrogen-bond acceptors (Lipinski definition) is 5. The Morgan fingerprint density at radius 1 is 1.26 bits per heavy atom. The van der Waals surface area contributed by atoms with Gasteiger partial charge in [-0.05, 0) is 18.2 Å². The zero-order valence-electron chi connectivity index (χ0n) is 9.33. The lowest BCUT2D eigenvalue weighted by atomic mass is 10.2. The summed E-state index contributed by atoms with van der Waals surface area (Å²) in [7, 11) is 0. The van der Waals surface area contributed by atoms with E-state index >= 15 is 0 Å². The smallest absolute Gasteiger partial charge is 0.406 e. The first kappa shape index (κ1) is 13.8. The van der Waals surface area contributed by atoms with E-state index in [2.05, 4.69) is 31.4 Å². The number of nitrogens with one attached hydrogen (secondary N) is 1. The van der Waals surface area contributed by atoms with Gasteiger partial charge in [-0.25, -0.2) is 0 Å². The maximum atomic E-state index is 12.6. The molecule has 1 heterocycles. The summed E-state index contributed by atoms with van der Waals surface area (Å²) in [6.07, 6.45) is -4.43. The molecule has 5 nitrogen and oxygen atoms in total. The number of benzene rings is 1. The minimum atomic E-state index is -4.43. The summed E-state index contributed by atoms with van der Waals surface area (Å²) in [5.74, 6) is 0.188. The topological polar surface area (TPSA) is 77.0 Å². The van der Waals surface area contributed by atoms with E-state index in [-0.39, 0.29) is 28.6 Å². The number of nitrogens with zero attached hydrogens (tertiary/aromatic N) is 2. The van der Waals surface area contributed by atoms with Crippen molar-refractivity contribution in [1.29, 1.82) is 0 Å². The first-order valence-electron chi connectivity index (χ1n) is 5.06.